The summed E-state index contributed by atoms with van der Waals surface area (Å²) < 4.78 is 50.4. The van der Waals surface area contributed by atoms with Crippen LogP contribution in [-0.2, 0) is 9.53 Å². The molecule has 11 heteroatoms. The molecule has 0 radical (unpaired) electrons. The second-order valence-electron chi connectivity index (χ2n) is 8.56. The Bertz CT molecular complexity index is 1320. The molecule has 1 saturated heterocycles. The third kappa shape index (κ3) is 4.96. The largest absolute Gasteiger partial charge is 0.573 e. The van der Waals surface area contributed by atoms with Crippen LogP contribution in [0.1, 0.15) is 35.1 Å². The van der Waals surface area contributed by atoms with Gasteiger partial charge in [-0.15, -0.1) is 23.4 Å². The standard InChI is InChI=1S/C25H22ClF3N4O3/c1-15-30-31-24-17(13-23(34)32-8-10-35-11-9-32)12-20(16-2-4-18(26)5-3-16)21-14-19(36-25(27,28)29)6-7-22(21)33(15)24/h2-7,12,14,17H,8-11,13H2,1H3. The van der Waals surface area contributed by atoms with E-state index in [-0.39, 0.29) is 18.1 Å². The molecule has 0 spiro atoms. The molecule has 3 aromatic rings. The zero-order chi connectivity index (χ0) is 25.4. The number of fused-ring (bicyclic) bond motifs is 3. The number of carbonyl (C=O) groups excluding carboxylic acids is 1. The molecular weight excluding hydrogens is 497 g/mol. The van der Waals surface area contributed by atoms with Gasteiger partial charge in [0.05, 0.1) is 18.9 Å². The number of aromatic nitrogens is 3. The summed E-state index contributed by atoms with van der Waals surface area (Å²) in [5.74, 6) is 0.186. The highest BCUT2D eigenvalue weighted by Crippen LogP contribution is 2.40. The van der Waals surface area contributed by atoms with Crippen molar-refractivity contribution in [3.8, 4) is 11.4 Å². The van der Waals surface area contributed by atoms with Crippen LogP contribution in [0, 0.1) is 6.92 Å². The van der Waals surface area contributed by atoms with Crippen LogP contribution in [0.15, 0.2) is 48.5 Å². The molecule has 0 bridgehead atoms. The molecule has 1 fully saturated rings. The Morgan fingerprint density at radius 3 is 2.56 bits per heavy atom. The molecule has 2 aromatic carbocycles. The van der Waals surface area contributed by atoms with E-state index in [0.717, 1.165) is 5.56 Å². The van der Waals surface area contributed by atoms with E-state index in [4.69, 9.17) is 16.3 Å². The highest BCUT2D eigenvalue weighted by Gasteiger charge is 2.33. The lowest BCUT2D eigenvalue weighted by molar-refractivity contribution is -0.274. The zero-order valence-corrected chi connectivity index (χ0v) is 20.0. The number of rotatable bonds is 4. The number of allylic oxidation sites excluding steroid dienone is 1. The van der Waals surface area contributed by atoms with Gasteiger partial charge in [0.15, 0.2) is 0 Å². The second kappa shape index (κ2) is 9.59. The van der Waals surface area contributed by atoms with Crippen LogP contribution in [0.5, 0.6) is 5.75 Å². The van der Waals surface area contributed by atoms with E-state index in [1.165, 1.54) is 12.1 Å². The predicted octanol–water partition coefficient (Wildman–Crippen LogP) is 4.91. The lowest BCUT2D eigenvalue weighted by atomic mass is 9.92. The number of alkyl halides is 3. The minimum Gasteiger partial charge on any atom is -0.406 e. The van der Waals surface area contributed by atoms with Crippen molar-refractivity contribution < 1.29 is 27.4 Å². The summed E-state index contributed by atoms with van der Waals surface area (Å²) in [5.41, 5.74) is 2.44. The van der Waals surface area contributed by atoms with Crippen LogP contribution in [0.25, 0.3) is 11.3 Å². The molecule has 0 aliphatic carbocycles. The van der Waals surface area contributed by atoms with E-state index in [1.807, 2.05) is 6.08 Å². The SMILES string of the molecule is Cc1nnc2n1-c1ccc(OC(F)(F)F)cc1C(c1ccc(Cl)cc1)=CC2CC(=O)N1CCOCC1. The summed E-state index contributed by atoms with van der Waals surface area (Å²) in [4.78, 5) is 14.9. The van der Waals surface area contributed by atoms with E-state index < -0.39 is 12.3 Å². The highest BCUT2D eigenvalue weighted by molar-refractivity contribution is 6.30. The third-order valence-electron chi connectivity index (χ3n) is 6.20. The summed E-state index contributed by atoms with van der Waals surface area (Å²) >= 11 is 6.09. The number of hydrogen-bond acceptors (Lipinski definition) is 5. The summed E-state index contributed by atoms with van der Waals surface area (Å²) in [6.45, 7) is 3.72. The van der Waals surface area contributed by atoms with Gasteiger partial charge in [0, 0.05) is 36.0 Å². The molecule has 36 heavy (non-hydrogen) atoms. The zero-order valence-electron chi connectivity index (χ0n) is 19.3. The maximum atomic E-state index is 13.2. The van der Waals surface area contributed by atoms with Gasteiger partial charge >= 0.3 is 6.36 Å². The molecule has 3 heterocycles. The normalized spacial score (nSPS) is 17.6. The van der Waals surface area contributed by atoms with Crippen molar-refractivity contribution >= 4 is 23.1 Å². The number of benzene rings is 2. The van der Waals surface area contributed by atoms with Crippen LogP contribution >= 0.6 is 11.6 Å². The van der Waals surface area contributed by atoms with Crippen molar-refractivity contribution in [2.45, 2.75) is 25.6 Å². The first-order chi connectivity index (χ1) is 17.2. The molecular formula is C25H22ClF3N4O3. The lowest BCUT2D eigenvalue weighted by Gasteiger charge is -2.28. The maximum absolute atomic E-state index is 13.2. The van der Waals surface area contributed by atoms with Crippen LogP contribution in [0.2, 0.25) is 5.02 Å². The smallest absolute Gasteiger partial charge is 0.406 e. The van der Waals surface area contributed by atoms with E-state index in [9.17, 15) is 18.0 Å². The van der Waals surface area contributed by atoms with E-state index in [2.05, 4.69) is 14.9 Å². The molecule has 1 atom stereocenters. The first-order valence-electron chi connectivity index (χ1n) is 11.4. The molecule has 7 nitrogen and oxygen atoms in total. The lowest BCUT2D eigenvalue weighted by Crippen LogP contribution is -2.41. The van der Waals surface area contributed by atoms with Crippen LogP contribution in [-0.4, -0.2) is 58.2 Å². The number of nitrogens with zero attached hydrogens (tertiary/aromatic N) is 4. The van der Waals surface area contributed by atoms with Crippen molar-refractivity contribution in [2.24, 2.45) is 0 Å². The van der Waals surface area contributed by atoms with E-state index >= 15 is 0 Å². The van der Waals surface area contributed by atoms with Crippen LogP contribution in [0.3, 0.4) is 0 Å². The maximum Gasteiger partial charge on any atom is 0.573 e. The number of aryl methyl sites for hydroxylation is 1. The number of halogens is 4. The Morgan fingerprint density at radius 1 is 1.14 bits per heavy atom. The van der Waals surface area contributed by atoms with Gasteiger partial charge in [0.2, 0.25) is 5.91 Å². The minimum atomic E-state index is -4.84. The second-order valence-corrected chi connectivity index (χ2v) is 9.00. The summed E-state index contributed by atoms with van der Waals surface area (Å²) in [6.07, 6.45) is -2.85. The van der Waals surface area contributed by atoms with Gasteiger partial charge in [-0.2, -0.15) is 0 Å². The van der Waals surface area contributed by atoms with Gasteiger partial charge in [-0.1, -0.05) is 29.8 Å². The Kier molecular flexibility index (Phi) is 6.48. The fraction of sp³-hybridized carbons (Fsp3) is 0.320. The first-order valence-corrected chi connectivity index (χ1v) is 11.7. The number of hydrogen-bond donors (Lipinski definition) is 0. The summed E-state index contributed by atoms with van der Waals surface area (Å²) in [5, 5.41) is 9.09. The number of carbonyl (C=O) groups is 1. The topological polar surface area (TPSA) is 69.5 Å². The molecule has 0 N–H and O–H groups in total. The fourth-order valence-corrected chi connectivity index (χ4v) is 4.69. The molecule has 1 unspecified atom stereocenters. The Morgan fingerprint density at radius 2 is 1.86 bits per heavy atom. The minimum absolute atomic E-state index is 0.0609. The molecule has 0 saturated carbocycles. The van der Waals surface area contributed by atoms with Gasteiger partial charge in [-0.05, 0) is 48.4 Å². The van der Waals surface area contributed by atoms with Crippen molar-refractivity contribution in [3.63, 3.8) is 0 Å². The molecule has 1 amide bonds. The van der Waals surface area contributed by atoms with E-state index in [1.54, 1.807) is 46.7 Å². The molecule has 2 aliphatic rings. The van der Waals surface area contributed by atoms with Gasteiger partial charge in [0.1, 0.15) is 17.4 Å². The van der Waals surface area contributed by atoms with Crippen LogP contribution in [0.4, 0.5) is 13.2 Å². The first kappa shape index (κ1) is 24.3. The van der Waals surface area contributed by atoms with Gasteiger partial charge in [-0.25, -0.2) is 0 Å². The summed E-state index contributed by atoms with van der Waals surface area (Å²) in [7, 11) is 0. The number of ether oxygens (including phenoxy) is 2. The van der Waals surface area contributed by atoms with Gasteiger partial charge in [0.25, 0.3) is 0 Å². The molecule has 188 valence electrons. The predicted molar refractivity (Wildman–Crippen MR) is 126 cm³/mol. The highest BCUT2D eigenvalue weighted by atomic mass is 35.5. The fourth-order valence-electron chi connectivity index (χ4n) is 4.57. The molecule has 5 rings (SSSR count). The summed E-state index contributed by atoms with van der Waals surface area (Å²) in [6, 6.07) is 11.1. The van der Waals surface area contributed by atoms with Crippen molar-refractivity contribution in [2.75, 3.05) is 26.3 Å². The monoisotopic (exact) mass is 518 g/mol. The molecule has 1 aromatic heterocycles. The number of morpholine rings is 1. The quantitative estimate of drug-likeness (QED) is 0.491. The van der Waals surface area contributed by atoms with E-state index in [0.29, 0.717) is 59.8 Å². The Balaban J connectivity index is 1.65. The average Bonchev–Trinajstić information content (AvgIpc) is 3.16. The Labute approximate surface area is 210 Å². The van der Waals surface area contributed by atoms with Gasteiger partial charge < -0.3 is 14.4 Å². The van der Waals surface area contributed by atoms with Crippen molar-refractivity contribution in [3.05, 3.63) is 76.3 Å². The molecule has 2 aliphatic heterocycles. The Hall–Kier alpha value is -3.37. The van der Waals surface area contributed by atoms with Crippen molar-refractivity contribution in [1.29, 1.82) is 0 Å². The average molecular weight is 519 g/mol. The number of amides is 1. The third-order valence-corrected chi connectivity index (χ3v) is 6.45. The van der Waals surface area contributed by atoms with Crippen LogP contribution < -0.4 is 4.74 Å². The van der Waals surface area contributed by atoms with Crippen molar-refractivity contribution in [1.82, 2.24) is 19.7 Å². The van der Waals surface area contributed by atoms with Gasteiger partial charge in [-0.3, -0.25) is 9.36 Å².